The predicted molar refractivity (Wildman–Crippen MR) is 75.1 cm³/mol. The minimum atomic E-state index is 0.283. The zero-order chi connectivity index (χ0) is 13.2. The van der Waals surface area contributed by atoms with Gasteiger partial charge in [-0.25, -0.2) is 0 Å². The van der Waals surface area contributed by atoms with Crippen LogP contribution in [0.4, 0.5) is 0 Å². The molecule has 0 aromatic carbocycles. The van der Waals surface area contributed by atoms with Crippen LogP contribution in [0.2, 0.25) is 0 Å². The Balaban J connectivity index is 2.05. The van der Waals surface area contributed by atoms with Crippen LogP contribution in [0.3, 0.4) is 0 Å². The number of nitrogens with zero attached hydrogens (tertiary/aromatic N) is 2. The Kier molecular flexibility index (Phi) is 4.33. The van der Waals surface area contributed by atoms with Gasteiger partial charge < -0.3 is 0 Å². The number of rotatable bonds is 3. The molecular weight excluding hydrogens is 220 g/mol. The molecule has 0 radical (unpaired) electrons. The van der Waals surface area contributed by atoms with Crippen LogP contribution in [0, 0.1) is 28.6 Å². The van der Waals surface area contributed by atoms with Crippen LogP contribution < -0.4 is 0 Å². The molecule has 2 heteroatoms. The molecule has 1 aliphatic carbocycles. The topological polar surface area (TPSA) is 27.0 Å². The van der Waals surface area contributed by atoms with E-state index in [1.54, 1.807) is 0 Å². The van der Waals surface area contributed by atoms with Crippen LogP contribution in [0.25, 0.3) is 0 Å². The van der Waals surface area contributed by atoms with Crippen molar-refractivity contribution in [3.8, 4) is 6.07 Å². The maximum atomic E-state index is 9.38. The molecule has 2 rings (SSSR count). The Labute approximate surface area is 112 Å². The first-order valence-corrected chi connectivity index (χ1v) is 7.78. The van der Waals surface area contributed by atoms with E-state index in [0.29, 0.717) is 11.5 Å². The third-order valence-electron chi connectivity index (χ3n) is 5.68. The average molecular weight is 248 g/mol. The molecule has 0 aromatic heterocycles. The summed E-state index contributed by atoms with van der Waals surface area (Å²) in [6.07, 6.45) is 7.52. The first-order chi connectivity index (χ1) is 8.64. The van der Waals surface area contributed by atoms with E-state index in [1.165, 1.54) is 45.2 Å². The number of hydrogen-bond acceptors (Lipinski definition) is 2. The standard InChI is InChI=1S/C16H28N2/c1-4-16(5-2)8-9-18(12-16)15-10-13(3)6-7-14(15)11-17/h13-15H,4-10,12H2,1-3H3. The van der Waals surface area contributed by atoms with E-state index in [9.17, 15) is 5.26 Å². The molecule has 0 spiro atoms. The highest BCUT2D eigenvalue weighted by Crippen LogP contribution is 2.41. The van der Waals surface area contributed by atoms with E-state index in [2.05, 4.69) is 31.7 Å². The third-order valence-corrected chi connectivity index (χ3v) is 5.68. The van der Waals surface area contributed by atoms with Crippen molar-refractivity contribution in [2.45, 2.75) is 65.3 Å². The Morgan fingerprint density at radius 1 is 1.28 bits per heavy atom. The van der Waals surface area contributed by atoms with Gasteiger partial charge in [0, 0.05) is 12.6 Å². The van der Waals surface area contributed by atoms with Gasteiger partial charge in [-0.3, -0.25) is 4.90 Å². The summed E-state index contributed by atoms with van der Waals surface area (Å²) in [4.78, 5) is 2.65. The van der Waals surface area contributed by atoms with Gasteiger partial charge in [-0.1, -0.05) is 20.8 Å². The van der Waals surface area contributed by atoms with Gasteiger partial charge in [-0.2, -0.15) is 5.26 Å². The van der Waals surface area contributed by atoms with Gasteiger partial charge >= 0.3 is 0 Å². The van der Waals surface area contributed by atoms with Crippen molar-refractivity contribution in [3.63, 3.8) is 0 Å². The van der Waals surface area contributed by atoms with Crippen molar-refractivity contribution in [3.05, 3.63) is 0 Å². The van der Waals surface area contributed by atoms with Crippen LogP contribution in [0.5, 0.6) is 0 Å². The van der Waals surface area contributed by atoms with E-state index < -0.39 is 0 Å². The van der Waals surface area contributed by atoms with Gasteiger partial charge in [0.2, 0.25) is 0 Å². The number of nitriles is 1. The van der Waals surface area contributed by atoms with Crippen LogP contribution in [-0.2, 0) is 0 Å². The maximum absolute atomic E-state index is 9.38. The van der Waals surface area contributed by atoms with Gasteiger partial charge in [0.1, 0.15) is 0 Å². The molecule has 2 fully saturated rings. The summed E-state index contributed by atoms with van der Waals surface area (Å²) in [7, 11) is 0. The maximum Gasteiger partial charge on any atom is 0.0672 e. The second-order valence-corrected chi connectivity index (χ2v) is 6.65. The van der Waals surface area contributed by atoms with Crippen molar-refractivity contribution in [1.29, 1.82) is 5.26 Å². The summed E-state index contributed by atoms with van der Waals surface area (Å²) in [5.41, 5.74) is 0.542. The van der Waals surface area contributed by atoms with Crippen LogP contribution in [0.15, 0.2) is 0 Å². The first-order valence-electron chi connectivity index (χ1n) is 7.78. The van der Waals surface area contributed by atoms with Crippen molar-refractivity contribution >= 4 is 0 Å². The summed E-state index contributed by atoms with van der Waals surface area (Å²) >= 11 is 0. The summed E-state index contributed by atoms with van der Waals surface area (Å²) in [5.74, 6) is 1.09. The number of hydrogen-bond donors (Lipinski definition) is 0. The fourth-order valence-electron chi connectivity index (χ4n) is 3.98. The van der Waals surface area contributed by atoms with E-state index in [4.69, 9.17) is 0 Å². The molecule has 1 aliphatic heterocycles. The van der Waals surface area contributed by atoms with Crippen molar-refractivity contribution in [2.24, 2.45) is 17.3 Å². The molecule has 2 nitrogen and oxygen atoms in total. The molecule has 1 saturated carbocycles. The Morgan fingerprint density at radius 3 is 2.56 bits per heavy atom. The molecule has 18 heavy (non-hydrogen) atoms. The van der Waals surface area contributed by atoms with Crippen molar-refractivity contribution in [1.82, 2.24) is 4.90 Å². The lowest BCUT2D eigenvalue weighted by Crippen LogP contribution is -2.43. The highest BCUT2D eigenvalue weighted by molar-refractivity contribution is 5.00. The molecule has 0 aromatic rings. The molecule has 0 bridgehead atoms. The Morgan fingerprint density at radius 2 is 2.00 bits per heavy atom. The lowest BCUT2D eigenvalue weighted by Gasteiger charge is -2.38. The second kappa shape index (κ2) is 5.61. The molecule has 1 heterocycles. The third kappa shape index (κ3) is 2.57. The fourth-order valence-corrected chi connectivity index (χ4v) is 3.98. The summed E-state index contributed by atoms with van der Waals surface area (Å²) in [6, 6.07) is 3.11. The van der Waals surface area contributed by atoms with Crippen molar-refractivity contribution < 1.29 is 0 Å². The van der Waals surface area contributed by atoms with Crippen LogP contribution in [-0.4, -0.2) is 24.0 Å². The molecular formula is C16H28N2. The van der Waals surface area contributed by atoms with E-state index >= 15 is 0 Å². The zero-order valence-electron chi connectivity index (χ0n) is 12.3. The highest BCUT2D eigenvalue weighted by atomic mass is 15.2. The first kappa shape index (κ1) is 13.9. The van der Waals surface area contributed by atoms with Gasteiger partial charge in [-0.05, 0) is 56.4 Å². The van der Waals surface area contributed by atoms with Gasteiger partial charge in [0.05, 0.1) is 12.0 Å². The normalized spacial score (nSPS) is 36.4. The monoisotopic (exact) mass is 248 g/mol. The summed E-state index contributed by atoms with van der Waals surface area (Å²) in [6.45, 7) is 9.47. The average Bonchev–Trinajstić information content (AvgIpc) is 2.83. The highest BCUT2D eigenvalue weighted by Gasteiger charge is 2.41. The van der Waals surface area contributed by atoms with Crippen molar-refractivity contribution in [2.75, 3.05) is 13.1 Å². The summed E-state index contributed by atoms with van der Waals surface area (Å²) < 4.78 is 0. The number of likely N-dealkylation sites (tertiary alicyclic amines) is 1. The molecule has 102 valence electrons. The van der Waals surface area contributed by atoms with Gasteiger partial charge in [0.25, 0.3) is 0 Å². The lowest BCUT2D eigenvalue weighted by molar-refractivity contribution is 0.112. The minimum Gasteiger partial charge on any atom is -0.298 e. The minimum absolute atomic E-state index is 0.283. The molecule has 0 N–H and O–H groups in total. The largest absolute Gasteiger partial charge is 0.298 e. The SMILES string of the molecule is CCC1(CC)CCN(C2CC(C)CCC2C#N)C1. The van der Waals surface area contributed by atoms with Crippen LogP contribution in [0.1, 0.15) is 59.3 Å². The Bertz CT molecular complexity index is 314. The fraction of sp³-hybridized carbons (Fsp3) is 0.938. The Hall–Kier alpha value is -0.550. The van der Waals surface area contributed by atoms with E-state index in [0.717, 1.165) is 12.3 Å². The zero-order valence-corrected chi connectivity index (χ0v) is 12.3. The quantitative estimate of drug-likeness (QED) is 0.759. The van der Waals surface area contributed by atoms with Crippen LogP contribution >= 0.6 is 0 Å². The van der Waals surface area contributed by atoms with E-state index in [1.807, 2.05) is 0 Å². The molecule has 3 atom stereocenters. The second-order valence-electron chi connectivity index (χ2n) is 6.65. The molecule has 2 aliphatic rings. The molecule has 3 unspecified atom stereocenters. The molecule has 0 amide bonds. The summed E-state index contributed by atoms with van der Waals surface area (Å²) in [5, 5.41) is 9.38. The van der Waals surface area contributed by atoms with Gasteiger partial charge in [-0.15, -0.1) is 0 Å². The predicted octanol–water partition coefficient (Wildman–Crippen LogP) is 3.83. The van der Waals surface area contributed by atoms with Gasteiger partial charge in [0.15, 0.2) is 0 Å². The smallest absolute Gasteiger partial charge is 0.0672 e. The molecule has 1 saturated heterocycles. The van der Waals surface area contributed by atoms with E-state index in [-0.39, 0.29) is 5.92 Å². The lowest BCUT2D eigenvalue weighted by atomic mass is 9.78.